The zero-order valence-electron chi connectivity index (χ0n) is 14.1. The van der Waals surface area contributed by atoms with E-state index in [0.29, 0.717) is 5.56 Å². The minimum Gasteiger partial charge on any atom is -0.452 e. The predicted octanol–water partition coefficient (Wildman–Crippen LogP) is 5.17. The van der Waals surface area contributed by atoms with Gasteiger partial charge in [-0.25, -0.2) is 4.79 Å². The van der Waals surface area contributed by atoms with Crippen molar-refractivity contribution in [3.05, 3.63) is 76.6 Å². The standard InChI is InChI=1S/C19H12ClF3N2O3/c20-15-8-7-14(19(21,22)23)10-13(15)6-9-17(26)27-11-16-24-25-18(28-16)12-4-2-1-3-5-12/h1-10H,11H2/b9-6+. The Kier molecular flexibility index (Phi) is 5.79. The van der Waals surface area contributed by atoms with E-state index in [4.69, 9.17) is 20.8 Å². The number of benzene rings is 2. The molecule has 0 unspecified atom stereocenters. The lowest BCUT2D eigenvalue weighted by Crippen LogP contribution is -2.05. The molecule has 9 heteroatoms. The van der Waals surface area contributed by atoms with Gasteiger partial charge in [0.15, 0.2) is 6.61 Å². The van der Waals surface area contributed by atoms with Gasteiger partial charge in [0.05, 0.1) is 5.56 Å². The van der Waals surface area contributed by atoms with Crippen molar-refractivity contribution in [3.8, 4) is 11.5 Å². The molecule has 3 aromatic rings. The molecule has 0 aliphatic heterocycles. The van der Waals surface area contributed by atoms with Crippen LogP contribution in [0.1, 0.15) is 17.0 Å². The third-order valence-corrected chi connectivity index (χ3v) is 3.89. The number of hydrogen-bond acceptors (Lipinski definition) is 5. The average Bonchev–Trinajstić information content (AvgIpc) is 3.14. The Morgan fingerprint density at radius 1 is 1.14 bits per heavy atom. The molecule has 1 heterocycles. The highest BCUT2D eigenvalue weighted by atomic mass is 35.5. The number of nitrogens with zero attached hydrogens (tertiary/aromatic N) is 2. The highest BCUT2D eigenvalue weighted by Crippen LogP contribution is 2.32. The van der Waals surface area contributed by atoms with E-state index in [9.17, 15) is 18.0 Å². The van der Waals surface area contributed by atoms with Gasteiger partial charge in [0.1, 0.15) is 0 Å². The van der Waals surface area contributed by atoms with E-state index in [2.05, 4.69) is 10.2 Å². The molecule has 0 aliphatic rings. The van der Waals surface area contributed by atoms with E-state index in [-0.39, 0.29) is 29.0 Å². The molecular formula is C19H12ClF3N2O3. The first-order valence-corrected chi connectivity index (χ1v) is 8.30. The Morgan fingerprint density at radius 2 is 1.89 bits per heavy atom. The van der Waals surface area contributed by atoms with E-state index < -0.39 is 17.7 Å². The van der Waals surface area contributed by atoms with Crippen LogP contribution in [0.2, 0.25) is 5.02 Å². The molecule has 0 saturated carbocycles. The van der Waals surface area contributed by atoms with E-state index in [0.717, 1.165) is 30.4 Å². The quantitative estimate of drug-likeness (QED) is 0.430. The van der Waals surface area contributed by atoms with Crippen LogP contribution in [0.4, 0.5) is 13.2 Å². The number of ether oxygens (including phenoxy) is 1. The zero-order valence-corrected chi connectivity index (χ0v) is 14.9. The molecule has 0 bridgehead atoms. The molecule has 28 heavy (non-hydrogen) atoms. The number of esters is 1. The molecule has 3 rings (SSSR count). The number of carbonyl (C=O) groups excluding carboxylic acids is 1. The Hall–Kier alpha value is -3.13. The van der Waals surface area contributed by atoms with Gasteiger partial charge in [-0.05, 0) is 42.0 Å². The molecule has 0 aliphatic carbocycles. The molecule has 2 aromatic carbocycles. The summed E-state index contributed by atoms with van der Waals surface area (Å²) in [6, 6.07) is 11.8. The highest BCUT2D eigenvalue weighted by Gasteiger charge is 2.30. The van der Waals surface area contributed by atoms with Crippen LogP contribution >= 0.6 is 11.6 Å². The molecule has 0 atom stereocenters. The van der Waals surface area contributed by atoms with Gasteiger partial charge in [0.25, 0.3) is 5.89 Å². The minimum atomic E-state index is -4.51. The van der Waals surface area contributed by atoms with Crippen LogP contribution < -0.4 is 0 Å². The van der Waals surface area contributed by atoms with Crippen molar-refractivity contribution in [3.63, 3.8) is 0 Å². The molecule has 0 saturated heterocycles. The average molecular weight is 409 g/mol. The normalized spacial score (nSPS) is 11.7. The van der Waals surface area contributed by atoms with Crippen molar-refractivity contribution in [1.29, 1.82) is 0 Å². The van der Waals surface area contributed by atoms with Crippen molar-refractivity contribution >= 4 is 23.6 Å². The van der Waals surface area contributed by atoms with Gasteiger partial charge >= 0.3 is 12.1 Å². The summed E-state index contributed by atoms with van der Waals surface area (Å²) in [5.41, 5.74) is -0.117. The number of hydrogen-bond donors (Lipinski definition) is 0. The van der Waals surface area contributed by atoms with Crippen molar-refractivity contribution in [1.82, 2.24) is 10.2 Å². The van der Waals surface area contributed by atoms with Gasteiger partial charge in [-0.15, -0.1) is 10.2 Å². The smallest absolute Gasteiger partial charge is 0.416 e. The molecule has 0 fully saturated rings. The summed E-state index contributed by atoms with van der Waals surface area (Å²) < 4.78 is 48.6. The largest absolute Gasteiger partial charge is 0.452 e. The maximum absolute atomic E-state index is 12.7. The molecule has 0 N–H and O–H groups in total. The fourth-order valence-electron chi connectivity index (χ4n) is 2.20. The van der Waals surface area contributed by atoms with Gasteiger partial charge in [-0.1, -0.05) is 29.8 Å². The van der Waals surface area contributed by atoms with Crippen molar-refractivity contribution in [2.24, 2.45) is 0 Å². The molecule has 0 spiro atoms. The van der Waals surface area contributed by atoms with E-state index >= 15 is 0 Å². The summed E-state index contributed by atoms with van der Waals surface area (Å²) in [5.74, 6) is -0.441. The first kappa shape index (κ1) is 19.6. The van der Waals surface area contributed by atoms with Crippen molar-refractivity contribution in [2.75, 3.05) is 0 Å². The highest BCUT2D eigenvalue weighted by molar-refractivity contribution is 6.32. The van der Waals surface area contributed by atoms with Crippen LogP contribution in [-0.4, -0.2) is 16.2 Å². The molecular weight excluding hydrogens is 397 g/mol. The van der Waals surface area contributed by atoms with E-state index in [1.807, 2.05) is 18.2 Å². The summed E-state index contributed by atoms with van der Waals surface area (Å²) in [4.78, 5) is 11.8. The van der Waals surface area contributed by atoms with Crippen LogP contribution in [0.5, 0.6) is 0 Å². The van der Waals surface area contributed by atoms with E-state index in [1.165, 1.54) is 0 Å². The molecule has 5 nitrogen and oxygen atoms in total. The second kappa shape index (κ2) is 8.26. The summed E-state index contributed by atoms with van der Waals surface area (Å²) in [7, 11) is 0. The monoisotopic (exact) mass is 408 g/mol. The van der Waals surface area contributed by atoms with Gasteiger partial charge in [-0.3, -0.25) is 0 Å². The Balaban J connectivity index is 1.61. The third-order valence-electron chi connectivity index (χ3n) is 3.55. The minimum absolute atomic E-state index is 0.0394. The van der Waals surface area contributed by atoms with Crippen LogP contribution in [0.25, 0.3) is 17.5 Å². The fraction of sp³-hybridized carbons (Fsp3) is 0.105. The third kappa shape index (κ3) is 4.98. The number of carbonyl (C=O) groups is 1. The maximum atomic E-state index is 12.7. The van der Waals surface area contributed by atoms with E-state index in [1.54, 1.807) is 12.1 Å². The number of rotatable bonds is 5. The topological polar surface area (TPSA) is 65.2 Å². The lowest BCUT2D eigenvalue weighted by molar-refractivity contribution is -0.139. The maximum Gasteiger partial charge on any atom is 0.416 e. The summed E-state index contributed by atoms with van der Waals surface area (Å²) >= 11 is 5.86. The fourth-order valence-corrected chi connectivity index (χ4v) is 2.38. The number of halogens is 4. The molecule has 144 valence electrons. The van der Waals surface area contributed by atoms with Crippen molar-refractivity contribution < 1.29 is 27.1 Å². The first-order valence-electron chi connectivity index (χ1n) is 7.92. The molecule has 1 aromatic heterocycles. The SMILES string of the molecule is O=C(/C=C/c1cc(C(F)(F)F)ccc1Cl)OCc1nnc(-c2ccccc2)o1. The van der Waals surface area contributed by atoms with Crippen LogP contribution in [0.15, 0.2) is 59.0 Å². The first-order chi connectivity index (χ1) is 13.3. The predicted molar refractivity (Wildman–Crippen MR) is 95.0 cm³/mol. The number of aromatic nitrogens is 2. The summed E-state index contributed by atoms with van der Waals surface area (Å²) in [6.45, 7) is -0.278. The lowest BCUT2D eigenvalue weighted by Gasteiger charge is -2.08. The zero-order chi connectivity index (χ0) is 20.1. The lowest BCUT2D eigenvalue weighted by atomic mass is 10.1. The Bertz CT molecular complexity index is 1000. The summed E-state index contributed by atoms with van der Waals surface area (Å²) in [6.07, 6.45) is -2.40. The van der Waals surface area contributed by atoms with Crippen LogP contribution in [-0.2, 0) is 22.3 Å². The van der Waals surface area contributed by atoms with Gasteiger partial charge in [0, 0.05) is 16.7 Å². The molecule has 0 amide bonds. The Morgan fingerprint density at radius 3 is 2.61 bits per heavy atom. The van der Waals surface area contributed by atoms with Gasteiger partial charge < -0.3 is 9.15 Å². The second-order valence-corrected chi connectivity index (χ2v) is 5.95. The van der Waals surface area contributed by atoms with Gasteiger partial charge in [0.2, 0.25) is 5.89 Å². The van der Waals surface area contributed by atoms with Gasteiger partial charge in [-0.2, -0.15) is 13.2 Å². The van der Waals surface area contributed by atoms with Crippen LogP contribution in [0.3, 0.4) is 0 Å². The molecule has 0 radical (unpaired) electrons. The van der Waals surface area contributed by atoms with Crippen molar-refractivity contribution in [2.45, 2.75) is 12.8 Å². The van der Waals surface area contributed by atoms with Crippen LogP contribution in [0, 0.1) is 0 Å². The second-order valence-electron chi connectivity index (χ2n) is 5.54. The summed E-state index contributed by atoms with van der Waals surface area (Å²) in [5, 5.41) is 7.69. The Labute approximate surface area is 162 Å². The number of alkyl halides is 3.